The van der Waals surface area contributed by atoms with Crippen LogP contribution in [0, 0.1) is 0 Å². The molecule has 0 aliphatic carbocycles. The minimum absolute atomic E-state index is 0. The fourth-order valence-electron chi connectivity index (χ4n) is 2.19. The SMILES string of the molecule is [Pt+2].c1csc(-c2cccn[c]2[Ir+][c]2ncccc2-c2cccs2)c1. The molecule has 4 rings (SSSR count). The zero-order valence-electron chi connectivity index (χ0n) is 12.3. The number of pyridine rings is 2. The Morgan fingerprint density at radius 3 is 1.58 bits per heavy atom. The summed E-state index contributed by atoms with van der Waals surface area (Å²) in [6.45, 7) is 0. The third-order valence-corrected chi connectivity index (χ3v) is 8.06. The van der Waals surface area contributed by atoms with Gasteiger partial charge in [0.2, 0.25) is 0 Å². The molecular formula is C18H12IrN2PtS2+3. The summed E-state index contributed by atoms with van der Waals surface area (Å²) in [5, 5.41) is 4.23. The second-order valence-electron chi connectivity index (χ2n) is 4.68. The topological polar surface area (TPSA) is 25.8 Å². The second kappa shape index (κ2) is 8.42. The van der Waals surface area contributed by atoms with Gasteiger partial charge in [0.05, 0.1) is 0 Å². The molecule has 122 valence electrons. The predicted molar refractivity (Wildman–Crippen MR) is 94.4 cm³/mol. The van der Waals surface area contributed by atoms with E-state index in [0.717, 1.165) is 0 Å². The molecule has 6 heteroatoms. The van der Waals surface area contributed by atoms with Crippen LogP contribution < -0.4 is 8.42 Å². The molecule has 0 radical (unpaired) electrons. The first-order chi connectivity index (χ1) is 11.4. The van der Waals surface area contributed by atoms with Crippen LogP contribution in [0.4, 0.5) is 0 Å². The Balaban J connectivity index is 0.00000169. The molecular weight excluding hydrogens is 696 g/mol. The van der Waals surface area contributed by atoms with Crippen molar-refractivity contribution >= 4 is 31.1 Å². The molecule has 0 aliphatic heterocycles. The van der Waals surface area contributed by atoms with Crippen LogP contribution in [0.5, 0.6) is 0 Å². The summed E-state index contributed by atoms with van der Waals surface area (Å²) in [7, 11) is 0. The number of nitrogens with zero attached hydrogens (tertiary/aromatic N) is 2. The van der Waals surface area contributed by atoms with Crippen LogP contribution in [0.3, 0.4) is 0 Å². The van der Waals surface area contributed by atoms with Crippen molar-refractivity contribution in [3.8, 4) is 20.9 Å². The van der Waals surface area contributed by atoms with E-state index >= 15 is 0 Å². The van der Waals surface area contributed by atoms with E-state index in [1.807, 2.05) is 24.5 Å². The van der Waals surface area contributed by atoms with Gasteiger partial charge in [0.1, 0.15) is 0 Å². The zero-order chi connectivity index (χ0) is 15.5. The van der Waals surface area contributed by atoms with Crippen LogP contribution in [0.25, 0.3) is 20.9 Å². The van der Waals surface area contributed by atoms with Gasteiger partial charge in [-0.3, -0.25) is 0 Å². The number of hydrogen-bond acceptors (Lipinski definition) is 4. The van der Waals surface area contributed by atoms with Gasteiger partial charge in [0.15, 0.2) is 0 Å². The summed E-state index contributed by atoms with van der Waals surface area (Å²) in [4.78, 5) is 11.9. The maximum atomic E-state index is 4.68. The Hall–Kier alpha value is -0.962. The van der Waals surface area contributed by atoms with Gasteiger partial charge < -0.3 is 0 Å². The summed E-state index contributed by atoms with van der Waals surface area (Å²) < 4.78 is 2.40. The van der Waals surface area contributed by atoms with Gasteiger partial charge in [-0.15, -0.1) is 0 Å². The van der Waals surface area contributed by atoms with Crippen LogP contribution in [0.2, 0.25) is 0 Å². The van der Waals surface area contributed by atoms with E-state index in [1.165, 1.54) is 29.3 Å². The molecule has 4 heterocycles. The first-order valence-corrected chi connectivity index (χ1v) is 11.2. The Bertz CT molecular complexity index is 833. The molecule has 0 saturated heterocycles. The van der Waals surface area contributed by atoms with Crippen LogP contribution in [-0.4, -0.2) is 9.97 Å². The molecule has 0 atom stereocenters. The van der Waals surface area contributed by atoms with Crippen molar-refractivity contribution in [1.29, 1.82) is 0 Å². The van der Waals surface area contributed by atoms with E-state index < -0.39 is 17.7 Å². The van der Waals surface area contributed by atoms with Crippen molar-refractivity contribution in [2.45, 2.75) is 0 Å². The third kappa shape index (κ3) is 3.82. The molecule has 0 aromatic carbocycles. The number of aromatic nitrogens is 2. The van der Waals surface area contributed by atoms with Crippen LogP contribution in [0.1, 0.15) is 0 Å². The predicted octanol–water partition coefficient (Wildman–Crippen LogP) is 3.96. The number of rotatable bonds is 4. The molecule has 0 saturated carbocycles. The van der Waals surface area contributed by atoms with E-state index in [9.17, 15) is 0 Å². The fraction of sp³-hybridized carbons (Fsp3) is 0. The van der Waals surface area contributed by atoms with E-state index in [2.05, 4.69) is 57.1 Å². The van der Waals surface area contributed by atoms with Crippen LogP contribution in [-0.2, 0) is 38.8 Å². The minimum atomic E-state index is -0.597. The summed E-state index contributed by atoms with van der Waals surface area (Å²) in [6, 6.07) is 16.9. The average Bonchev–Trinajstić information content (AvgIpc) is 3.30. The zero-order valence-corrected chi connectivity index (χ0v) is 18.6. The van der Waals surface area contributed by atoms with Crippen molar-refractivity contribution in [3.05, 3.63) is 71.7 Å². The first-order valence-electron chi connectivity index (χ1n) is 7.00. The van der Waals surface area contributed by atoms with Gasteiger partial charge in [0.25, 0.3) is 0 Å². The maximum absolute atomic E-state index is 4.68. The van der Waals surface area contributed by atoms with Gasteiger partial charge in [-0.1, -0.05) is 0 Å². The van der Waals surface area contributed by atoms with E-state index in [-0.39, 0.29) is 21.1 Å². The normalized spacial score (nSPS) is 10.5. The Morgan fingerprint density at radius 2 is 1.17 bits per heavy atom. The molecule has 0 aliphatic rings. The second-order valence-corrected chi connectivity index (χ2v) is 9.44. The Labute approximate surface area is 171 Å². The van der Waals surface area contributed by atoms with E-state index in [1.54, 1.807) is 22.7 Å². The summed E-state index contributed by atoms with van der Waals surface area (Å²) in [5.74, 6) is 0. The number of thiophene rings is 2. The van der Waals surface area contributed by atoms with Gasteiger partial charge in [0, 0.05) is 0 Å². The van der Waals surface area contributed by atoms with Gasteiger partial charge in [-0.25, -0.2) is 0 Å². The molecule has 0 N–H and O–H groups in total. The molecule has 0 amide bonds. The molecule has 0 unspecified atom stereocenters. The van der Waals surface area contributed by atoms with Gasteiger partial charge in [-0.05, 0) is 0 Å². The summed E-state index contributed by atoms with van der Waals surface area (Å²) >= 11 is 2.93. The van der Waals surface area contributed by atoms with E-state index in [0.29, 0.717) is 0 Å². The quantitative estimate of drug-likeness (QED) is 0.321. The molecule has 0 bridgehead atoms. The van der Waals surface area contributed by atoms with Crippen molar-refractivity contribution in [1.82, 2.24) is 9.97 Å². The van der Waals surface area contributed by atoms with Crippen LogP contribution >= 0.6 is 22.7 Å². The van der Waals surface area contributed by atoms with Crippen molar-refractivity contribution in [2.75, 3.05) is 0 Å². The molecule has 0 fully saturated rings. The van der Waals surface area contributed by atoms with Crippen molar-refractivity contribution < 1.29 is 38.8 Å². The van der Waals surface area contributed by atoms with E-state index in [4.69, 9.17) is 0 Å². The Kier molecular flexibility index (Phi) is 6.26. The van der Waals surface area contributed by atoms with Crippen molar-refractivity contribution in [3.63, 3.8) is 0 Å². The standard InChI is InChI=1S/2C9H6NS.Ir.Pt/c2*1-3-8(7-10-5-1)9-4-2-6-11-9;;/h2*1-6H;;/q;;+1;+2. The number of hydrogen-bond donors (Lipinski definition) is 0. The molecule has 2 nitrogen and oxygen atoms in total. The van der Waals surface area contributed by atoms with Gasteiger partial charge in [-0.2, -0.15) is 0 Å². The fourth-order valence-corrected chi connectivity index (χ4v) is 6.98. The molecule has 4 aromatic rings. The summed E-state index contributed by atoms with van der Waals surface area (Å²) in [5.41, 5.74) is 2.51. The summed E-state index contributed by atoms with van der Waals surface area (Å²) in [6.07, 6.45) is 3.79. The van der Waals surface area contributed by atoms with Gasteiger partial charge >= 0.3 is 172 Å². The van der Waals surface area contributed by atoms with Crippen molar-refractivity contribution in [2.24, 2.45) is 0 Å². The van der Waals surface area contributed by atoms with Crippen LogP contribution in [0.15, 0.2) is 71.7 Å². The molecule has 0 spiro atoms. The Morgan fingerprint density at radius 1 is 0.667 bits per heavy atom. The monoisotopic (exact) mass is 708 g/mol. The molecule has 24 heavy (non-hydrogen) atoms. The average molecular weight is 708 g/mol. The first kappa shape index (κ1) is 17.8. The molecule has 4 aromatic heterocycles. The third-order valence-electron chi connectivity index (χ3n) is 3.21.